The molecule has 1 unspecified atom stereocenters. The minimum atomic E-state index is -4.35. The van der Waals surface area contributed by atoms with E-state index in [0.717, 1.165) is 0 Å². The van der Waals surface area contributed by atoms with E-state index in [9.17, 15) is 23.1 Å². The van der Waals surface area contributed by atoms with Gasteiger partial charge >= 0.3 is 5.51 Å². The smallest absolute Gasteiger partial charge is 0.391 e. The molecule has 1 aromatic carbocycles. The maximum atomic E-state index is 12.2. The molecular weight excluding hydrogens is 267 g/mol. The fourth-order valence-corrected chi connectivity index (χ4v) is 2.38. The predicted octanol–water partition coefficient (Wildman–Crippen LogP) is 2.40. The summed E-state index contributed by atoms with van der Waals surface area (Å²) in [7, 11) is 0. The van der Waals surface area contributed by atoms with E-state index in [0.29, 0.717) is 5.69 Å². The van der Waals surface area contributed by atoms with Crippen molar-refractivity contribution in [3.05, 3.63) is 24.3 Å². The number of anilines is 1. The lowest BCUT2D eigenvalue weighted by molar-refractivity contribution is -0.117. The number of halogens is 3. The summed E-state index contributed by atoms with van der Waals surface area (Å²) >= 11 is -0.225. The molecule has 1 aliphatic rings. The van der Waals surface area contributed by atoms with Gasteiger partial charge in [0.1, 0.15) is 0 Å². The molecule has 1 amide bonds. The predicted molar refractivity (Wildman–Crippen MR) is 61.3 cm³/mol. The molecule has 1 atom stereocenters. The molecule has 18 heavy (non-hydrogen) atoms. The molecule has 1 aliphatic heterocycles. The van der Waals surface area contributed by atoms with Gasteiger partial charge in [0.25, 0.3) is 0 Å². The number of benzene rings is 1. The van der Waals surface area contributed by atoms with Crippen LogP contribution in [0.15, 0.2) is 29.2 Å². The number of hydrogen-bond donors (Lipinski definition) is 1. The Morgan fingerprint density at radius 1 is 1.39 bits per heavy atom. The summed E-state index contributed by atoms with van der Waals surface area (Å²) in [5.41, 5.74) is -3.97. The summed E-state index contributed by atoms with van der Waals surface area (Å²) in [5.74, 6) is -0.281. The van der Waals surface area contributed by atoms with Gasteiger partial charge in [0, 0.05) is 10.6 Å². The number of aliphatic hydroxyl groups is 1. The summed E-state index contributed by atoms with van der Waals surface area (Å²) in [5, 5.41) is 9.34. The van der Waals surface area contributed by atoms with Crippen LogP contribution < -0.4 is 4.90 Å². The zero-order valence-electron chi connectivity index (χ0n) is 9.15. The van der Waals surface area contributed by atoms with Crippen LogP contribution in [0.5, 0.6) is 0 Å². The van der Waals surface area contributed by atoms with Crippen molar-refractivity contribution < 1.29 is 23.1 Å². The standard InChI is InChI=1S/C11H10F3NO2S/c12-11(13,14)18-9-3-1-2-7(4-9)15-6-8(16)5-10(15)17/h1-4,8,16H,5-6H2. The number of thioether (sulfide) groups is 1. The second-order valence-electron chi connectivity index (χ2n) is 3.91. The van der Waals surface area contributed by atoms with Crippen molar-refractivity contribution in [1.82, 2.24) is 0 Å². The molecular formula is C11H10F3NO2S. The quantitative estimate of drug-likeness (QED) is 0.844. The molecule has 1 heterocycles. The van der Waals surface area contributed by atoms with Gasteiger partial charge in [0.15, 0.2) is 0 Å². The molecule has 1 N–H and O–H groups in total. The second-order valence-corrected chi connectivity index (χ2v) is 5.05. The van der Waals surface area contributed by atoms with Crippen molar-refractivity contribution in [2.75, 3.05) is 11.4 Å². The Balaban J connectivity index is 2.20. The number of aliphatic hydroxyl groups excluding tert-OH is 1. The Morgan fingerprint density at radius 2 is 2.11 bits per heavy atom. The molecule has 2 rings (SSSR count). The SMILES string of the molecule is O=C1CC(O)CN1c1cccc(SC(F)(F)F)c1. The number of rotatable bonds is 2. The molecule has 0 bridgehead atoms. The van der Waals surface area contributed by atoms with Crippen LogP contribution in [0.25, 0.3) is 0 Å². The average molecular weight is 277 g/mol. The van der Waals surface area contributed by atoms with Crippen LogP contribution in [-0.2, 0) is 4.79 Å². The molecule has 0 aromatic heterocycles. The lowest BCUT2D eigenvalue weighted by Gasteiger charge is -2.16. The van der Waals surface area contributed by atoms with E-state index in [1.165, 1.54) is 23.1 Å². The monoisotopic (exact) mass is 277 g/mol. The van der Waals surface area contributed by atoms with Gasteiger partial charge < -0.3 is 10.0 Å². The van der Waals surface area contributed by atoms with Crippen LogP contribution in [-0.4, -0.2) is 29.2 Å². The largest absolute Gasteiger partial charge is 0.446 e. The first-order chi connectivity index (χ1) is 8.35. The molecule has 1 aromatic rings. The number of β-amino-alcohol motifs (C(OH)–C–C–N with tert-alkyl or cyclic N) is 1. The number of alkyl halides is 3. The molecule has 1 saturated heterocycles. The molecule has 0 aliphatic carbocycles. The van der Waals surface area contributed by atoms with Gasteiger partial charge in [-0.3, -0.25) is 4.79 Å². The Bertz CT molecular complexity index is 464. The van der Waals surface area contributed by atoms with Gasteiger partial charge in [-0.25, -0.2) is 0 Å². The van der Waals surface area contributed by atoms with E-state index in [-0.39, 0.29) is 35.5 Å². The lowest BCUT2D eigenvalue weighted by atomic mass is 10.3. The fraction of sp³-hybridized carbons (Fsp3) is 0.364. The third-order valence-electron chi connectivity index (χ3n) is 2.47. The topological polar surface area (TPSA) is 40.5 Å². The van der Waals surface area contributed by atoms with Crippen LogP contribution in [0.4, 0.5) is 18.9 Å². The summed E-state index contributed by atoms with van der Waals surface area (Å²) < 4.78 is 36.7. The molecule has 0 saturated carbocycles. The van der Waals surface area contributed by atoms with E-state index in [2.05, 4.69) is 0 Å². The van der Waals surface area contributed by atoms with E-state index in [4.69, 9.17) is 0 Å². The zero-order valence-corrected chi connectivity index (χ0v) is 9.96. The van der Waals surface area contributed by atoms with Gasteiger partial charge in [-0.15, -0.1) is 0 Å². The normalized spacial score (nSPS) is 20.6. The first-order valence-corrected chi connectivity index (χ1v) is 6.01. The molecule has 7 heteroatoms. The van der Waals surface area contributed by atoms with Crippen LogP contribution >= 0.6 is 11.8 Å². The third-order valence-corrected chi connectivity index (χ3v) is 3.19. The van der Waals surface area contributed by atoms with Crippen molar-refractivity contribution in [3.63, 3.8) is 0 Å². The maximum Gasteiger partial charge on any atom is 0.446 e. The van der Waals surface area contributed by atoms with E-state index in [1.54, 1.807) is 6.07 Å². The summed E-state index contributed by atoms with van der Waals surface area (Å²) in [6, 6.07) is 5.64. The molecule has 98 valence electrons. The first-order valence-electron chi connectivity index (χ1n) is 5.19. The molecule has 3 nitrogen and oxygen atoms in total. The fourth-order valence-electron chi connectivity index (χ4n) is 1.79. The van der Waals surface area contributed by atoms with E-state index >= 15 is 0 Å². The Kier molecular flexibility index (Phi) is 3.54. The van der Waals surface area contributed by atoms with E-state index in [1.807, 2.05) is 0 Å². The van der Waals surface area contributed by atoms with E-state index < -0.39 is 11.6 Å². The molecule has 1 fully saturated rings. The van der Waals surface area contributed by atoms with Crippen molar-refractivity contribution in [2.45, 2.75) is 22.9 Å². The van der Waals surface area contributed by atoms with Gasteiger partial charge in [0.2, 0.25) is 5.91 Å². The van der Waals surface area contributed by atoms with Crippen LogP contribution in [0.3, 0.4) is 0 Å². The Morgan fingerprint density at radius 3 is 2.67 bits per heavy atom. The number of carbonyl (C=O) groups is 1. The van der Waals surface area contributed by atoms with Gasteiger partial charge in [-0.2, -0.15) is 13.2 Å². The lowest BCUT2D eigenvalue weighted by Crippen LogP contribution is -2.25. The van der Waals surface area contributed by atoms with Gasteiger partial charge in [0.05, 0.1) is 19.1 Å². The Labute approximate surface area is 106 Å². The highest BCUT2D eigenvalue weighted by Crippen LogP contribution is 2.38. The highest BCUT2D eigenvalue weighted by atomic mass is 32.2. The highest BCUT2D eigenvalue weighted by molar-refractivity contribution is 8.00. The minimum absolute atomic E-state index is 0.0106. The molecule has 0 radical (unpaired) electrons. The third kappa shape index (κ3) is 3.17. The van der Waals surface area contributed by atoms with Crippen LogP contribution in [0, 0.1) is 0 Å². The van der Waals surface area contributed by atoms with Crippen molar-refractivity contribution in [3.8, 4) is 0 Å². The van der Waals surface area contributed by atoms with Crippen LogP contribution in [0.1, 0.15) is 6.42 Å². The first kappa shape index (κ1) is 13.2. The number of hydrogen-bond acceptors (Lipinski definition) is 3. The van der Waals surface area contributed by atoms with Gasteiger partial charge in [-0.1, -0.05) is 6.07 Å². The highest BCUT2D eigenvalue weighted by Gasteiger charge is 2.31. The second kappa shape index (κ2) is 4.81. The number of carbonyl (C=O) groups excluding carboxylic acids is 1. The average Bonchev–Trinajstić information content (AvgIpc) is 2.55. The van der Waals surface area contributed by atoms with Crippen molar-refractivity contribution in [1.29, 1.82) is 0 Å². The zero-order chi connectivity index (χ0) is 13.3. The molecule has 0 spiro atoms. The van der Waals surface area contributed by atoms with Crippen molar-refractivity contribution >= 4 is 23.4 Å². The number of amides is 1. The summed E-state index contributed by atoms with van der Waals surface area (Å²) in [6.07, 6.45) is -0.743. The minimum Gasteiger partial charge on any atom is -0.391 e. The maximum absolute atomic E-state index is 12.2. The summed E-state index contributed by atoms with van der Waals surface area (Å²) in [6.45, 7) is 0.124. The number of nitrogens with zero attached hydrogens (tertiary/aromatic N) is 1. The van der Waals surface area contributed by atoms with Crippen molar-refractivity contribution in [2.24, 2.45) is 0 Å². The van der Waals surface area contributed by atoms with Gasteiger partial charge in [-0.05, 0) is 30.0 Å². The summed E-state index contributed by atoms with van der Waals surface area (Å²) in [4.78, 5) is 12.8. The Hall–Kier alpha value is -1.21. The van der Waals surface area contributed by atoms with Crippen LogP contribution in [0.2, 0.25) is 0 Å².